The molecule has 2 aromatic heterocycles. The Hall–Kier alpha value is -2.46. The molecule has 3 unspecified atom stereocenters. The number of morpholine rings is 1. The van der Waals surface area contributed by atoms with Gasteiger partial charge in [0.05, 0.1) is 35.2 Å². The molecule has 2 aliphatic heterocycles. The Balaban J connectivity index is 1.49. The van der Waals surface area contributed by atoms with Crippen LogP contribution in [0.4, 0.5) is 13.2 Å². The van der Waals surface area contributed by atoms with Gasteiger partial charge in [0.15, 0.2) is 5.82 Å². The number of likely N-dealkylation sites (tertiary alicyclic amines) is 1. The van der Waals surface area contributed by atoms with Crippen molar-refractivity contribution < 1.29 is 22.7 Å². The van der Waals surface area contributed by atoms with Gasteiger partial charge in [0, 0.05) is 38.4 Å². The van der Waals surface area contributed by atoms with E-state index in [1.165, 1.54) is 16.9 Å². The number of halogens is 3. The maximum Gasteiger partial charge on any atom is 0.417 e. The summed E-state index contributed by atoms with van der Waals surface area (Å²) in [5.41, 5.74) is 0.179. The lowest BCUT2D eigenvalue weighted by molar-refractivity contribution is -0.137. The summed E-state index contributed by atoms with van der Waals surface area (Å²) in [6.07, 6.45) is 0.0254. The number of alkyl halides is 3. The van der Waals surface area contributed by atoms with Crippen molar-refractivity contribution in [2.45, 2.75) is 58.0 Å². The van der Waals surface area contributed by atoms with Crippen LogP contribution in [0.3, 0.4) is 0 Å². The van der Waals surface area contributed by atoms with Crippen LogP contribution in [0.2, 0.25) is 0 Å². The van der Waals surface area contributed by atoms with Gasteiger partial charge in [0.2, 0.25) is 0 Å². The van der Waals surface area contributed by atoms with Crippen molar-refractivity contribution in [2.75, 3.05) is 26.2 Å². The summed E-state index contributed by atoms with van der Waals surface area (Å²) in [6.45, 7) is 9.04. The summed E-state index contributed by atoms with van der Waals surface area (Å²) in [7, 11) is 0. The fraction of sp³-hybridized carbons (Fsp3) is 0.591. The van der Waals surface area contributed by atoms with Crippen LogP contribution in [0, 0.1) is 6.92 Å². The van der Waals surface area contributed by atoms with E-state index in [4.69, 9.17) is 4.74 Å². The molecule has 0 aromatic carbocycles. The quantitative estimate of drug-likeness (QED) is 0.714. The normalized spacial score (nSPS) is 24.8. The number of hydrogen-bond acceptors (Lipinski definition) is 5. The first kappa shape index (κ1) is 22.7. The third-order valence-corrected chi connectivity index (χ3v) is 6.13. The molecule has 10 heteroatoms. The standard InChI is InChI=1S/C22H28F3N5O2/c1-14-11-28(12-15(2)32-14)13-18-5-4-8-29(18)21(31)19-10-27-30(16(19)3)20-7-6-17(9-26-20)22(23,24)25/h6-7,9-10,14-15,18H,4-5,8,11-13H2,1-3H3. The van der Waals surface area contributed by atoms with Gasteiger partial charge in [0.25, 0.3) is 5.91 Å². The van der Waals surface area contributed by atoms with Crippen LogP contribution in [-0.2, 0) is 10.9 Å². The summed E-state index contributed by atoms with van der Waals surface area (Å²) in [5.74, 6) is 0.140. The van der Waals surface area contributed by atoms with Gasteiger partial charge in [-0.1, -0.05) is 0 Å². The smallest absolute Gasteiger partial charge is 0.373 e. The first-order valence-electron chi connectivity index (χ1n) is 10.9. The van der Waals surface area contributed by atoms with Crippen molar-refractivity contribution in [3.63, 3.8) is 0 Å². The first-order chi connectivity index (χ1) is 15.1. The summed E-state index contributed by atoms with van der Waals surface area (Å²) in [6, 6.07) is 2.34. The van der Waals surface area contributed by atoms with Crippen molar-refractivity contribution in [3.8, 4) is 5.82 Å². The summed E-state index contributed by atoms with van der Waals surface area (Å²) < 4.78 is 45.6. The molecular formula is C22H28F3N5O2. The fourth-order valence-corrected chi connectivity index (χ4v) is 4.71. The van der Waals surface area contributed by atoms with E-state index in [2.05, 4.69) is 28.8 Å². The Morgan fingerprint density at radius 3 is 2.53 bits per heavy atom. The van der Waals surface area contributed by atoms with Crippen LogP contribution in [0.25, 0.3) is 5.82 Å². The summed E-state index contributed by atoms with van der Waals surface area (Å²) in [4.78, 5) is 21.5. The lowest BCUT2D eigenvalue weighted by atomic mass is 10.1. The molecule has 7 nitrogen and oxygen atoms in total. The van der Waals surface area contributed by atoms with Gasteiger partial charge in [-0.15, -0.1) is 0 Å². The molecule has 2 aromatic rings. The molecule has 32 heavy (non-hydrogen) atoms. The topological polar surface area (TPSA) is 63.5 Å². The lowest BCUT2D eigenvalue weighted by Gasteiger charge is -2.38. The summed E-state index contributed by atoms with van der Waals surface area (Å²) in [5, 5.41) is 4.23. The molecule has 3 atom stereocenters. The first-order valence-corrected chi connectivity index (χ1v) is 10.9. The van der Waals surface area contributed by atoms with Crippen LogP contribution in [-0.4, -0.2) is 74.9 Å². The van der Waals surface area contributed by atoms with Gasteiger partial charge in [-0.25, -0.2) is 9.67 Å². The minimum Gasteiger partial charge on any atom is -0.373 e. The molecule has 2 saturated heterocycles. The molecule has 0 aliphatic carbocycles. The molecule has 0 bridgehead atoms. The maximum atomic E-state index is 13.3. The molecular weight excluding hydrogens is 423 g/mol. The number of rotatable bonds is 4. The molecule has 2 aliphatic rings. The van der Waals surface area contributed by atoms with E-state index < -0.39 is 11.7 Å². The number of pyridine rings is 1. The third kappa shape index (κ3) is 4.66. The molecule has 4 heterocycles. The van der Waals surface area contributed by atoms with Crippen LogP contribution in [0.5, 0.6) is 0 Å². The zero-order chi connectivity index (χ0) is 23.0. The monoisotopic (exact) mass is 451 g/mol. The van der Waals surface area contributed by atoms with Gasteiger partial charge in [0.1, 0.15) is 0 Å². The largest absolute Gasteiger partial charge is 0.417 e. The molecule has 1 amide bonds. The lowest BCUT2D eigenvalue weighted by Crippen LogP contribution is -2.51. The highest BCUT2D eigenvalue weighted by Crippen LogP contribution is 2.29. The molecule has 0 radical (unpaired) electrons. The molecule has 0 saturated carbocycles. The fourth-order valence-electron chi connectivity index (χ4n) is 4.71. The highest BCUT2D eigenvalue weighted by Gasteiger charge is 2.34. The number of amides is 1. The predicted molar refractivity (Wildman–Crippen MR) is 112 cm³/mol. The second-order valence-electron chi connectivity index (χ2n) is 8.73. The van der Waals surface area contributed by atoms with Crippen molar-refractivity contribution >= 4 is 5.91 Å². The number of ether oxygens (including phenoxy) is 1. The van der Waals surface area contributed by atoms with Gasteiger partial charge in [-0.2, -0.15) is 18.3 Å². The highest BCUT2D eigenvalue weighted by atomic mass is 19.4. The van der Waals surface area contributed by atoms with E-state index in [9.17, 15) is 18.0 Å². The molecule has 2 fully saturated rings. The molecule has 0 N–H and O–H groups in total. The average molecular weight is 451 g/mol. The van der Waals surface area contributed by atoms with Crippen LogP contribution in [0.15, 0.2) is 24.5 Å². The average Bonchev–Trinajstić information content (AvgIpc) is 3.33. The Kier molecular flexibility index (Phi) is 6.26. The van der Waals surface area contributed by atoms with Gasteiger partial charge >= 0.3 is 6.18 Å². The van der Waals surface area contributed by atoms with Crippen molar-refractivity contribution in [1.82, 2.24) is 24.6 Å². The van der Waals surface area contributed by atoms with Crippen LogP contribution < -0.4 is 0 Å². The number of carbonyl (C=O) groups excluding carboxylic acids is 1. The minimum atomic E-state index is -4.45. The number of hydrogen-bond donors (Lipinski definition) is 0. The number of nitrogens with zero attached hydrogens (tertiary/aromatic N) is 5. The second kappa shape index (κ2) is 8.82. The number of carbonyl (C=O) groups is 1. The van der Waals surface area contributed by atoms with E-state index in [0.29, 0.717) is 17.8 Å². The van der Waals surface area contributed by atoms with E-state index in [0.717, 1.165) is 44.7 Å². The van der Waals surface area contributed by atoms with E-state index in [-0.39, 0.29) is 30.0 Å². The molecule has 174 valence electrons. The Labute approximate surface area is 185 Å². The summed E-state index contributed by atoms with van der Waals surface area (Å²) >= 11 is 0. The second-order valence-corrected chi connectivity index (χ2v) is 8.73. The van der Waals surface area contributed by atoms with Crippen LogP contribution in [0.1, 0.15) is 48.3 Å². The minimum absolute atomic E-state index is 0.0995. The van der Waals surface area contributed by atoms with Gasteiger partial charge in [-0.3, -0.25) is 9.69 Å². The molecule has 4 rings (SSSR count). The third-order valence-electron chi connectivity index (χ3n) is 6.13. The Morgan fingerprint density at radius 1 is 1.19 bits per heavy atom. The van der Waals surface area contributed by atoms with Crippen molar-refractivity contribution in [1.29, 1.82) is 0 Å². The van der Waals surface area contributed by atoms with Gasteiger partial charge < -0.3 is 9.64 Å². The van der Waals surface area contributed by atoms with Crippen molar-refractivity contribution in [2.24, 2.45) is 0 Å². The van der Waals surface area contributed by atoms with E-state index in [1.807, 2.05) is 4.90 Å². The maximum absolute atomic E-state index is 13.3. The predicted octanol–water partition coefficient (Wildman–Crippen LogP) is 3.31. The zero-order valence-electron chi connectivity index (χ0n) is 18.5. The Morgan fingerprint density at radius 2 is 1.91 bits per heavy atom. The zero-order valence-corrected chi connectivity index (χ0v) is 18.5. The Bertz CT molecular complexity index is 949. The van der Waals surface area contributed by atoms with Gasteiger partial charge in [-0.05, 0) is 45.7 Å². The van der Waals surface area contributed by atoms with Crippen molar-refractivity contribution in [3.05, 3.63) is 41.3 Å². The van der Waals surface area contributed by atoms with E-state index >= 15 is 0 Å². The highest BCUT2D eigenvalue weighted by molar-refractivity contribution is 5.95. The van der Waals surface area contributed by atoms with Crippen LogP contribution >= 0.6 is 0 Å². The molecule has 0 spiro atoms. The number of aromatic nitrogens is 3. The van der Waals surface area contributed by atoms with E-state index in [1.54, 1.807) is 6.92 Å². The SMILES string of the molecule is Cc1c(C(=O)N2CCCC2CN2CC(C)OC(C)C2)cnn1-c1ccc(C(F)(F)F)cn1.